The molecule has 0 unspecified atom stereocenters. The van der Waals surface area contributed by atoms with Crippen molar-refractivity contribution < 1.29 is 4.74 Å². The highest BCUT2D eigenvalue weighted by Crippen LogP contribution is 2.22. The fourth-order valence-corrected chi connectivity index (χ4v) is 2.36. The second kappa shape index (κ2) is 5.02. The normalized spacial score (nSPS) is 25.1. The Morgan fingerprint density at radius 2 is 2.00 bits per heavy atom. The van der Waals surface area contributed by atoms with Gasteiger partial charge >= 0.3 is 0 Å². The van der Waals surface area contributed by atoms with Crippen LogP contribution in [-0.2, 0) is 11.3 Å². The van der Waals surface area contributed by atoms with Crippen LogP contribution in [0.1, 0.15) is 25.1 Å². The number of ether oxygens (including phenoxy) is 1. The van der Waals surface area contributed by atoms with Crippen molar-refractivity contribution in [2.45, 2.75) is 39.5 Å². The topological polar surface area (TPSA) is 51.4 Å². The lowest BCUT2D eigenvalue weighted by molar-refractivity contribution is -0.00551. The third-order valence-electron chi connectivity index (χ3n) is 3.03. The molecule has 1 saturated heterocycles. The van der Waals surface area contributed by atoms with E-state index in [0.29, 0.717) is 6.54 Å². The smallest absolute Gasteiger partial charge is 0.133 e. The Kier molecular flexibility index (Phi) is 3.64. The highest BCUT2D eigenvalue weighted by atomic mass is 16.5. The number of morpholine rings is 1. The lowest BCUT2D eigenvalue weighted by Crippen LogP contribution is -2.46. The van der Waals surface area contributed by atoms with Crippen molar-refractivity contribution in [3.05, 3.63) is 23.4 Å². The van der Waals surface area contributed by atoms with Crippen molar-refractivity contribution in [2.24, 2.45) is 5.73 Å². The molecule has 1 aromatic rings. The average molecular weight is 235 g/mol. The van der Waals surface area contributed by atoms with Gasteiger partial charge < -0.3 is 15.4 Å². The SMILES string of the molecule is Cc1ccc(CN)c(N2C[C@@H](C)O[C@@H](C)C2)n1. The molecule has 0 bridgehead atoms. The summed E-state index contributed by atoms with van der Waals surface area (Å²) in [5.74, 6) is 1.02. The Balaban J connectivity index is 2.28. The third-order valence-corrected chi connectivity index (χ3v) is 3.03. The average Bonchev–Trinajstić information content (AvgIpc) is 2.27. The number of pyridine rings is 1. The summed E-state index contributed by atoms with van der Waals surface area (Å²) in [5.41, 5.74) is 7.92. The first-order valence-electron chi connectivity index (χ1n) is 6.17. The van der Waals surface area contributed by atoms with Gasteiger partial charge in [0.2, 0.25) is 0 Å². The second-order valence-corrected chi connectivity index (χ2v) is 4.80. The van der Waals surface area contributed by atoms with Gasteiger partial charge in [-0.2, -0.15) is 0 Å². The minimum Gasteiger partial charge on any atom is -0.372 e. The summed E-state index contributed by atoms with van der Waals surface area (Å²) in [6, 6.07) is 4.08. The monoisotopic (exact) mass is 235 g/mol. The zero-order chi connectivity index (χ0) is 12.4. The van der Waals surface area contributed by atoms with Crippen LogP contribution < -0.4 is 10.6 Å². The van der Waals surface area contributed by atoms with E-state index in [1.807, 2.05) is 13.0 Å². The summed E-state index contributed by atoms with van der Waals surface area (Å²) in [5, 5.41) is 0. The summed E-state index contributed by atoms with van der Waals surface area (Å²) in [4.78, 5) is 6.91. The number of rotatable bonds is 2. The first-order chi connectivity index (χ1) is 8.10. The molecule has 17 heavy (non-hydrogen) atoms. The number of aryl methyl sites for hydroxylation is 1. The first kappa shape index (κ1) is 12.3. The van der Waals surface area contributed by atoms with Gasteiger partial charge in [-0.1, -0.05) is 6.07 Å². The number of nitrogens with two attached hydrogens (primary N) is 1. The van der Waals surface area contributed by atoms with Gasteiger partial charge in [-0.15, -0.1) is 0 Å². The molecule has 0 amide bonds. The van der Waals surface area contributed by atoms with E-state index in [1.54, 1.807) is 0 Å². The summed E-state index contributed by atoms with van der Waals surface area (Å²) in [7, 11) is 0. The molecule has 1 aliphatic rings. The van der Waals surface area contributed by atoms with Gasteiger partial charge in [0.05, 0.1) is 12.2 Å². The number of hydrogen-bond acceptors (Lipinski definition) is 4. The molecule has 0 aromatic carbocycles. The predicted octanol–water partition coefficient (Wildman–Crippen LogP) is 1.46. The molecule has 1 aliphatic heterocycles. The van der Waals surface area contributed by atoms with E-state index >= 15 is 0 Å². The highest BCUT2D eigenvalue weighted by molar-refractivity contribution is 5.48. The summed E-state index contributed by atoms with van der Waals surface area (Å²) < 4.78 is 5.74. The van der Waals surface area contributed by atoms with Crippen molar-refractivity contribution in [3.63, 3.8) is 0 Å². The van der Waals surface area contributed by atoms with E-state index in [0.717, 1.165) is 30.2 Å². The third kappa shape index (κ3) is 2.76. The van der Waals surface area contributed by atoms with Crippen LogP contribution >= 0.6 is 0 Å². The largest absolute Gasteiger partial charge is 0.372 e. The van der Waals surface area contributed by atoms with Crippen molar-refractivity contribution in [2.75, 3.05) is 18.0 Å². The van der Waals surface area contributed by atoms with Crippen LogP contribution in [0.5, 0.6) is 0 Å². The maximum atomic E-state index is 5.78. The van der Waals surface area contributed by atoms with Crippen molar-refractivity contribution >= 4 is 5.82 Å². The Bertz CT molecular complexity index is 384. The fourth-order valence-electron chi connectivity index (χ4n) is 2.36. The van der Waals surface area contributed by atoms with Crippen LogP contribution in [0.3, 0.4) is 0 Å². The Morgan fingerprint density at radius 1 is 1.35 bits per heavy atom. The lowest BCUT2D eigenvalue weighted by Gasteiger charge is -2.37. The minimum absolute atomic E-state index is 0.242. The maximum Gasteiger partial charge on any atom is 0.133 e. The van der Waals surface area contributed by atoms with Gasteiger partial charge in [-0.05, 0) is 26.8 Å². The molecule has 2 rings (SSSR count). The fraction of sp³-hybridized carbons (Fsp3) is 0.615. The molecule has 0 aliphatic carbocycles. The van der Waals surface area contributed by atoms with E-state index in [1.165, 1.54) is 0 Å². The zero-order valence-corrected chi connectivity index (χ0v) is 10.8. The molecule has 0 saturated carbocycles. The van der Waals surface area contributed by atoms with Crippen LogP contribution in [0.4, 0.5) is 5.82 Å². The van der Waals surface area contributed by atoms with Crippen LogP contribution in [-0.4, -0.2) is 30.3 Å². The molecule has 2 atom stereocenters. The van der Waals surface area contributed by atoms with Crippen LogP contribution in [0.25, 0.3) is 0 Å². The summed E-state index contributed by atoms with van der Waals surface area (Å²) in [6.07, 6.45) is 0.485. The highest BCUT2D eigenvalue weighted by Gasteiger charge is 2.24. The van der Waals surface area contributed by atoms with Gasteiger partial charge in [0.15, 0.2) is 0 Å². The molecule has 2 N–H and O–H groups in total. The van der Waals surface area contributed by atoms with Gasteiger partial charge in [-0.3, -0.25) is 0 Å². The standard InChI is InChI=1S/C13H21N3O/c1-9-4-5-12(6-14)13(15-9)16-7-10(2)17-11(3)8-16/h4-5,10-11H,6-8,14H2,1-3H3/t10-,11+. The van der Waals surface area contributed by atoms with Gasteiger partial charge in [-0.25, -0.2) is 4.98 Å². The zero-order valence-electron chi connectivity index (χ0n) is 10.8. The maximum absolute atomic E-state index is 5.78. The molecular formula is C13H21N3O. The minimum atomic E-state index is 0.242. The predicted molar refractivity (Wildman–Crippen MR) is 69.1 cm³/mol. The molecule has 94 valence electrons. The number of aromatic nitrogens is 1. The first-order valence-corrected chi connectivity index (χ1v) is 6.17. The lowest BCUT2D eigenvalue weighted by atomic mass is 10.1. The Morgan fingerprint density at radius 3 is 2.59 bits per heavy atom. The molecule has 0 spiro atoms. The van der Waals surface area contributed by atoms with E-state index < -0.39 is 0 Å². The number of anilines is 1. The van der Waals surface area contributed by atoms with Gasteiger partial charge in [0.1, 0.15) is 5.82 Å². The summed E-state index contributed by atoms with van der Waals surface area (Å²) in [6.45, 7) is 8.50. The quantitative estimate of drug-likeness (QED) is 0.843. The van der Waals surface area contributed by atoms with E-state index in [9.17, 15) is 0 Å². The molecule has 0 radical (unpaired) electrons. The Labute approximate surface area is 103 Å². The van der Waals surface area contributed by atoms with Crippen molar-refractivity contribution in [1.82, 2.24) is 4.98 Å². The van der Waals surface area contributed by atoms with Crippen LogP contribution in [0.2, 0.25) is 0 Å². The van der Waals surface area contributed by atoms with Crippen LogP contribution in [0, 0.1) is 6.92 Å². The van der Waals surface area contributed by atoms with E-state index in [-0.39, 0.29) is 12.2 Å². The van der Waals surface area contributed by atoms with Crippen molar-refractivity contribution in [1.29, 1.82) is 0 Å². The van der Waals surface area contributed by atoms with Gasteiger partial charge in [0.25, 0.3) is 0 Å². The molecular weight excluding hydrogens is 214 g/mol. The Hall–Kier alpha value is -1.13. The van der Waals surface area contributed by atoms with Gasteiger partial charge in [0, 0.05) is 30.9 Å². The van der Waals surface area contributed by atoms with E-state index in [2.05, 4.69) is 29.8 Å². The molecule has 1 aromatic heterocycles. The number of hydrogen-bond donors (Lipinski definition) is 1. The second-order valence-electron chi connectivity index (χ2n) is 4.80. The molecule has 4 heteroatoms. The molecule has 1 fully saturated rings. The van der Waals surface area contributed by atoms with Crippen molar-refractivity contribution in [3.8, 4) is 0 Å². The molecule has 4 nitrogen and oxygen atoms in total. The number of nitrogens with zero attached hydrogens (tertiary/aromatic N) is 2. The van der Waals surface area contributed by atoms with E-state index in [4.69, 9.17) is 10.5 Å². The summed E-state index contributed by atoms with van der Waals surface area (Å²) >= 11 is 0. The molecule has 2 heterocycles. The van der Waals surface area contributed by atoms with Crippen LogP contribution in [0.15, 0.2) is 12.1 Å².